The molecular weight excluding hydrogens is 282 g/mol. The van der Waals surface area contributed by atoms with Crippen molar-refractivity contribution in [1.29, 1.82) is 0 Å². The summed E-state index contributed by atoms with van der Waals surface area (Å²) in [6.07, 6.45) is -1.68. The van der Waals surface area contributed by atoms with Crippen LogP contribution in [0.1, 0.15) is 18.4 Å². The lowest BCUT2D eigenvalue weighted by Gasteiger charge is -2.12. The summed E-state index contributed by atoms with van der Waals surface area (Å²) in [7, 11) is 0. The number of amides is 2. The van der Waals surface area contributed by atoms with E-state index >= 15 is 0 Å². The largest absolute Gasteiger partial charge is 0.488 e. The number of halogens is 2. The molecule has 0 saturated carbocycles. The first kappa shape index (κ1) is 15.2. The van der Waals surface area contributed by atoms with E-state index in [1.54, 1.807) is 24.3 Å². The van der Waals surface area contributed by atoms with Crippen LogP contribution in [0.25, 0.3) is 0 Å². The second-order valence-electron chi connectivity index (χ2n) is 4.73. The maximum atomic E-state index is 12.1. The maximum absolute atomic E-state index is 12.1. The van der Waals surface area contributed by atoms with Gasteiger partial charge in [0.1, 0.15) is 18.4 Å². The van der Waals surface area contributed by atoms with Gasteiger partial charge in [0.25, 0.3) is 6.43 Å². The van der Waals surface area contributed by atoms with Crippen molar-refractivity contribution in [3.63, 3.8) is 0 Å². The molecule has 114 valence electrons. The molecule has 7 heteroatoms. The average molecular weight is 298 g/mol. The molecule has 0 aliphatic carbocycles. The van der Waals surface area contributed by atoms with E-state index in [4.69, 9.17) is 4.74 Å². The molecular formula is C14H16F2N2O3. The Kier molecular flexibility index (Phi) is 5.08. The van der Waals surface area contributed by atoms with Crippen molar-refractivity contribution < 1.29 is 23.1 Å². The quantitative estimate of drug-likeness (QED) is 0.830. The normalized spacial score (nSPS) is 17.7. The number of carbonyl (C=O) groups is 2. The molecule has 0 bridgehead atoms. The molecule has 0 spiro atoms. The minimum absolute atomic E-state index is 0.127. The zero-order valence-electron chi connectivity index (χ0n) is 11.3. The summed E-state index contributed by atoms with van der Waals surface area (Å²) >= 11 is 0. The third kappa shape index (κ3) is 4.70. The van der Waals surface area contributed by atoms with Crippen molar-refractivity contribution in [3.05, 3.63) is 29.8 Å². The molecule has 1 unspecified atom stereocenters. The van der Waals surface area contributed by atoms with E-state index in [1.807, 2.05) is 0 Å². The molecule has 1 heterocycles. The summed E-state index contributed by atoms with van der Waals surface area (Å²) in [6.45, 7) is -0.416. The highest BCUT2D eigenvalue weighted by molar-refractivity contribution is 5.90. The van der Waals surface area contributed by atoms with Crippen molar-refractivity contribution in [3.8, 4) is 5.75 Å². The third-order valence-corrected chi connectivity index (χ3v) is 3.05. The molecule has 2 rings (SSSR count). The van der Waals surface area contributed by atoms with Crippen LogP contribution in [0.2, 0.25) is 0 Å². The first-order chi connectivity index (χ1) is 10.0. The lowest BCUT2D eigenvalue weighted by molar-refractivity contribution is -0.125. The Morgan fingerprint density at radius 1 is 1.48 bits per heavy atom. The van der Waals surface area contributed by atoms with Gasteiger partial charge in [0, 0.05) is 13.0 Å². The van der Waals surface area contributed by atoms with E-state index in [2.05, 4.69) is 10.6 Å². The Bertz CT molecular complexity index is 523. The third-order valence-electron chi connectivity index (χ3n) is 3.05. The van der Waals surface area contributed by atoms with Gasteiger partial charge in [-0.25, -0.2) is 8.78 Å². The number of hydrogen-bond acceptors (Lipinski definition) is 3. The SMILES string of the molecule is O=C1CCC(C(=O)NCc2cccc(OCC(F)F)c2)N1. The zero-order valence-corrected chi connectivity index (χ0v) is 11.3. The van der Waals surface area contributed by atoms with Gasteiger partial charge in [-0.3, -0.25) is 9.59 Å². The molecule has 1 aromatic rings. The average Bonchev–Trinajstić information content (AvgIpc) is 2.90. The van der Waals surface area contributed by atoms with E-state index < -0.39 is 19.1 Å². The molecule has 21 heavy (non-hydrogen) atoms. The fourth-order valence-electron chi connectivity index (χ4n) is 2.03. The van der Waals surface area contributed by atoms with Crippen LogP contribution in [-0.4, -0.2) is 30.9 Å². The number of rotatable bonds is 6. The van der Waals surface area contributed by atoms with Crippen LogP contribution in [0, 0.1) is 0 Å². The number of hydrogen-bond donors (Lipinski definition) is 2. The van der Waals surface area contributed by atoms with E-state index in [0.29, 0.717) is 18.6 Å². The van der Waals surface area contributed by atoms with Gasteiger partial charge in [-0.2, -0.15) is 0 Å². The molecule has 1 saturated heterocycles. The van der Waals surface area contributed by atoms with Gasteiger partial charge in [-0.05, 0) is 24.1 Å². The Morgan fingerprint density at radius 3 is 2.95 bits per heavy atom. The van der Waals surface area contributed by atoms with E-state index in [-0.39, 0.29) is 18.4 Å². The summed E-state index contributed by atoms with van der Waals surface area (Å²) in [4.78, 5) is 22.8. The Balaban J connectivity index is 1.83. The molecule has 0 aromatic heterocycles. The highest BCUT2D eigenvalue weighted by Crippen LogP contribution is 2.14. The van der Waals surface area contributed by atoms with Crippen molar-refractivity contribution in [2.24, 2.45) is 0 Å². The fraction of sp³-hybridized carbons (Fsp3) is 0.429. The van der Waals surface area contributed by atoms with Crippen LogP contribution < -0.4 is 15.4 Å². The monoisotopic (exact) mass is 298 g/mol. The van der Waals surface area contributed by atoms with Crippen molar-refractivity contribution in [2.45, 2.75) is 31.9 Å². The van der Waals surface area contributed by atoms with Crippen LogP contribution in [0.15, 0.2) is 24.3 Å². The highest BCUT2D eigenvalue weighted by Gasteiger charge is 2.26. The summed E-state index contributed by atoms with van der Waals surface area (Å²) in [5.74, 6) is -0.0477. The summed E-state index contributed by atoms with van der Waals surface area (Å²) < 4.78 is 29.0. The van der Waals surface area contributed by atoms with Crippen molar-refractivity contribution >= 4 is 11.8 Å². The molecule has 1 aromatic carbocycles. The molecule has 1 aliphatic heterocycles. The van der Waals surface area contributed by atoms with Crippen molar-refractivity contribution in [2.75, 3.05) is 6.61 Å². The fourth-order valence-corrected chi connectivity index (χ4v) is 2.03. The predicted molar refractivity (Wildman–Crippen MR) is 71.0 cm³/mol. The molecule has 5 nitrogen and oxygen atoms in total. The molecule has 1 atom stereocenters. The van der Waals surface area contributed by atoms with Crippen LogP contribution in [0.3, 0.4) is 0 Å². The smallest absolute Gasteiger partial charge is 0.272 e. The molecule has 0 radical (unpaired) electrons. The first-order valence-corrected chi connectivity index (χ1v) is 6.61. The molecule has 1 aliphatic rings. The molecule has 1 fully saturated rings. The second-order valence-corrected chi connectivity index (χ2v) is 4.73. The van der Waals surface area contributed by atoms with Gasteiger partial charge in [0.15, 0.2) is 0 Å². The highest BCUT2D eigenvalue weighted by atomic mass is 19.3. The summed E-state index contributed by atoms with van der Waals surface area (Å²) in [6, 6.07) is 6.10. The van der Waals surface area contributed by atoms with Gasteiger partial charge >= 0.3 is 0 Å². The van der Waals surface area contributed by atoms with Crippen LogP contribution in [0.4, 0.5) is 8.78 Å². The lowest BCUT2D eigenvalue weighted by atomic mass is 10.2. The first-order valence-electron chi connectivity index (χ1n) is 6.61. The maximum Gasteiger partial charge on any atom is 0.272 e. The number of alkyl halides is 2. The second kappa shape index (κ2) is 7.01. The predicted octanol–water partition coefficient (Wildman–Crippen LogP) is 1.23. The number of ether oxygens (including phenoxy) is 1. The molecule has 2 N–H and O–H groups in total. The molecule has 2 amide bonds. The van der Waals surface area contributed by atoms with E-state index in [9.17, 15) is 18.4 Å². The Labute approximate surface area is 120 Å². The minimum atomic E-state index is -2.53. The Morgan fingerprint density at radius 2 is 2.29 bits per heavy atom. The standard InChI is InChI=1S/C14H16F2N2O3/c15-12(16)8-21-10-3-1-2-9(6-10)7-17-14(20)11-4-5-13(19)18-11/h1-3,6,11-12H,4-5,7-8H2,(H,17,20)(H,18,19). The number of carbonyl (C=O) groups excluding carboxylic acids is 2. The van der Waals surface area contributed by atoms with Crippen LogP contribution in [0.5, 0.6) is 5.75 Å². The minimum Gasteiger partial charge on any atom is -0.488 e. The van der Waals surface area contributed by atoms with Gasteiger partial charge in [-0.15, -0.1) is 0 Å². The summed E-state index contributed by atoms with van der Waals surface area (Å²) in [5.41, 5.74) is 0.736. The topological polar surface area (TPSA) is 67.4 Å². The van der Waals surface area contributed by atoms with E-state index in [0.717, 1.165) is 5.56 Å². The summed E-state index contributed by atoms with van der Waals surface area (Å²) in [5, 5.41) is 5.27. The van der Waals surface area contributed by atoms with Gasteiger partial charge in [0.05, 0.1) is 0 Å². The number of benzene rings is 1. The van der Waals surface area contributed by atoms with Gasteiger partial charge in [0.2, 0.25) is 11.8 Å². The van der Waals surface area contributed by atoms with Gasteiger partial charge in [-0.1, -0.05) is 12.1 Å². The van der Waals surface area contributed by atoms with Crippen molar-refractivity contribution in [1.82, 2.24) is 10.6 Å². The zero-order chi connectivity index (χ0) is 15.2. The Hall–Kier alpha value is -2.18. The lowest BCUT2D eigenvalue weighted by Crippen LogP contribution is -2.41. The van der Waals surface area contributed by atoms with Crippen LogP contribution in [-0.2, 0) is 16.1 Å². The van der Waals surface area contributed by atoms with Crippen LogP contribution >= 0.6 is 0 Å². The number of nitrogens with one attached hydrogen (secondary N) is 2. The van der Waals surface area contributed by atoms with Gasteiger partial charge < -0.3 is 15.4 Å². The van der Waals surface area contributed by atoms with E-state index in [1.165, 1.54) is 0 Å².